The maximum Gasteiger partial charge on any atom is 0.327 e. The van der Waals surface area contributed by atoms with E-state index in [1.807, 2.05) is 39.1 Å². The van der Waals surface area contributed by atoms with Gasteiger partial charge >= 0.3 is 5.69 Å². The summed E-state index contributed by atoms with van der Waals surface area (Å²) in [5, 5.41) is 6.15. The standard InChI is InChI=1S/C18H21FN4O/c1-18(2,11-20-3)23-16-9-8-12(10-15(16)22-17(23)24)21-14-7-5-4-6-13(14)19/h4-10,20-21H,11H2,1-3H3,(H,22,24). The van der Waals surface area contributed by atoms with E-state index >= 15 is 0 Å². The number of aromatic nitrogens is 2. The predicted octanol–water partition coefficient (Wildman–Crippen LogP) is 3.17. The van der Waals surface area contributed by atoms with Gasteiger partial charge in [0, 0.05) is 12.2 Å². The molecular weight excluding hydrogens is 307 g/mol. The van der Waals surface area contributed by atoms with E-state index in [0.29, 0.717) is 23.4 Å². The molecule has 0 amide bonds. The number of halogens is 1. The molecule has 0 saturated heterocycles. The summed E-state index contributed by atoms with van der Waals surface area (Å²) in [5.41, 5.74) is 2.12. The molecule has 2 aromatic carbocycles. The van der Waals surface area contributed by atoms with Gasteiger partial charge in [0.15, 0.2) is 0 Å². The van der Waals surface area contributed by atoms with E-state index < -0.39 is 0 Å². The first-order valence-corrected chi connectivity index (χ1v) is 7.84. The molecule has 0 unspecified atom stereocenters. The number of nitrogens with zero attached hydrogens (tertiary/aromatic N) is 1. The third-order valence-electron chi connectivity index (χ3n) is 4.05. The van der Waals surface area contributed by atoms with Gasteiger partial charge in [-0.25, -0.2) is 9.18 Å². The molecule has 3 aromatic rings. The average molecular weight is 328 g/mol. The van der Waals surface area contributed by atoms with E-state index in [-0.39, 0.29) is 17.0 Å². The lowest BCUT2D eigenvalue weighted by Crippen LogP contribution is -2.41. The molecule has 3 rings (SSSR count). The zero-order valence-corrected chi connectivity index (χ0v) is 14.0. The quantitative estimate of drug-likeness (QED) is 0.674. The molecule has 0 saturated carbocycles. The van der Waals surface area contributed by atoms with Crippen LogP contribution in [0.25, 0.3) is 11.0 Å². The summed E-state index contributed by atoms with van der Waals surface area (Å²) in [4.78, 5) is 15.3. The average Bonchev–Trinajstić information content (AvgIpc) is 2.85. The normalized spacial score (nSPS) is 11.8. The van der Waals surface area contributed by atoms with Crippen LogP contribution in [0.5, 0.6) is 0 Å². The Balaban J connectivity index is 2.02. The van der Waals surface area contributed by atoms with E-state index in [0.717, 1.165) is 5.52 Å². The second kappa shape index (κ2) is 6.13. The second-order valence-electron chi connectivity index (χ2n) is 6.45. The van der Waals surface area contributed by atoms with Crippen molar-refractivity contribution in [3.63, 3.8) is 0 Å². The number of para-hydroxylation sites is 1. The number of aromatic amines is 1. The van der Waals surface area contributed by atoms with E-state index in [4.69, 9.17) is 0 Å². The Morgan fingerprint density at radius 3 is 2.67 bits per heavy atom. The van der Waals surface area contributed by atoms with Crippen LogP contribution >= 0.6 is 0 Å². The van der Waals surface area contributed by atoms with Gasteiger partial charge in [-0.05, 0) is 51.2 Å². The Hall–Kier alpha value is -2.60. The van der Waals surface area contributed by atoms with Crippen molar-refractivity contribution in [3.05, 3.63) is 58.8 Å². The zero-order chi connectivity index (χ0) is 17.3. The molecule has 5 nitrogen and oxygen atoms in total. The van der Waals surface area contributed by atoms with Crippen LogP contribution in [0, 0.1) is 5.82 Å². The first-order valence-electron chi connectivity index (χ1n) is 7.84. The Bertz CT molecular complexity index is 926. The minimum Gasteiger partial charge on any atom is -0.353 e. The van der Waals surface area contributed by atoms with E-state index in [1.165, 1.54) is 6.07 Å². The Morgan fingerprint density at radius 1 is 1.21 bits per heavy atom. The maximum absolute atomic E-state index is 13.8. The second-order valence-corrected chi connectivity index (χ2v) is 6.45. The van der Waals surface area contributed by atoms with Gasteiger partial charge in [-0.1, -0.05) is 12.1 Å². The van der Waals surface area contributed by atoms with Crippen molar-refractivity contribution < 1.29 is 4.39 Å². The van der Waals surface area contributed by atoms with Gasteiger partial charge in [-0.2, -0.15) is 0 Å². The minimum absolute atomic E-state index is 0.159. The molecule has 126 valence electrons. The lowest BCUT2D eigenvalue weighted by atomic mass is 10.1. The van der Waals surface area contributed by atoms with Gasteiger partial charge in [0.25, 0.3) is 0 Å². The summed E-state index contributed by atoms with van der Waals surface area (Å²) in [5.74, 6) is -0.321. The van der Waals surface area contributed by atoms with Crippen LogP contribution in [0.4, 0.5) is 15.8 Å². The molecule has 6 heteroatoms. The third kappa shape index (κ3) is 2.92. The van der Waals surface area contributed by atoms with Gasteiger partial charge in [0.2, 0.25) is 0 Å². The van der Waals surface area contributed by atoms with Crippen molar-refractivity contribution in [2.24, 2.45) is 0 Å². The molecular formula is C18H21FN4O. The van der Waals surface area contributed by atoms with Crippen molar-refractivity contribution in [2.45, 2.75) is 19.4 Å². The van der Waals surface area contributed by atoms with Crippen LogP contribution in [0.2, 0.25) is 0 Å². The van der Waals surface area contributed by atoms with Crippen LogP contribution in [0.1, 0.15) is 13.8 Å². The van der Waals surface area contributed by atoms with Gasteiger partial charge in [-0.3, -0.25) is 4.57 Å². The number of anilines is 2. The van der Waals surface area contributed by atoms with Crippen molar-refractivity contribution in [2.75, 3.05) is 18.9 Å². The fourth-order valence-corrected chi connectivity index (χ4v) is 3.02. The lowest BCUT2D eigenvalue weighted by Gasteiger charge is -2.26. The van der Waals surface area contributed by atoms with E-state index in [1.54, 1.807) is 22.8 Å². The Morgan fingerprint density at radius 2 is 1.96 bits per heavy atom. The molecule has 0 aliphatic rings. The summed E-state index contributed by atoms with van der Waals surface area (Å²) in [6.07, 6.45) is 0. The van der Waals surface area contributed by atoms with Gasteiger partial charge in [0.05, 0.1) is 22.3 Å². The molecule has 0 fully saturated rings. The first kappa shape index (κ1) is 16.3. The number of imidazole rings is 1. The lowest BCUT2D eigenvalue weighted by molar-refractivity contribution is 0.344. The van der Waals surface area contributed by atoms with Crippen LogP contribution in [-0.4, -0.2) is 23.1 Å². The van der Waals surface area contributed by atoms with E-state index in [9.17, 15) is 9.18 Å². The fraction of sp³-hybridized carbons (Fsp3) is 0.278. The molecule has 3 N–H and O–H groups in total. The molecule has 0 bridgehead atoms. The topological polar surface area (TPSA) is 61.9 Å². The summed E-state index contributed by atoms with van der Waals surface area (Å²) in [6.45, 7) is 4.67. The highest BCUT2D eigenvalue weighted by atomic mass is 19.1. The molecule has 0 aliphatic heterocycles. The third-order valence-corrected chi connectivity index (χ3v) is 4.05. The van der Waals surface area contributed by atoms with Crippen LogP contribution in [0.3, 0.4) is 0 Å². The van der Waals surface area contributed by atoms with Crippen LogP contribution < -0.4 is 16.3 Å². The van der Waals surface area contributed by atoms with Crippen molar-refractivity contribution in [1.29, 1.82) is 0 Å². The largest absolute Gasteiger partial charge is 0.353 e. The number of hydrogen-bond acceptors (Lipinski definition) is 3. The van der Waals surface area contributed by atoms with Gasteiger partial charge in [0.1, 0.15) is 5.82 Å². The summed E-state index contributed by atoms with van der Waals surface area (Å²) in [6, 6.07) is 12.0. The number of H-pyrrole nitrogens is 1. The molecule has 0 spiro atoms. The van der Waals surface area contributed by atoms with E-state index in [2.05, 4.69) is 15.6 Å². The predicted molar refractivity (Wildman–Crippen MR) is 95.5 cm³/mol. The smallest absolute Gasteiger partial charge is 0.327 e. The minimum atomic E-state index is -0.370. The summed E-state index contributed by atoms with van der Waals surface area (Å²) >= 11 is 0. The van der Waals surface area contributed by atoms with Crippen molar-refractivity contribution in [3.8, 4) is 0 Å². The first-order chi connectivity index (χ1) is 11.4. The fourth-order valence-electron chi connectivity index (χ4n) is 3.02. The molecule has 0 atom stereocenters. The molecule has 24 heavy (non-hydrogen) atoms. The van der Waals surface area contributed by atoms with Gasteiger partial charge in [-0.15, -0.1) is 0 Å². The molecule has 1 aromatic heterocycles. The molecule has 0 radical (unpaired) electrons. The number of likely N-dealkylation sites (N-methyl/N-ethyl adjacent to an activating group) is 1. The SMILES string of the molecule is CNCC(C)(C)n1c(=O)[nH]c2cc(Nc3ccccc3F)ccc21. The number of nitrogens with one attached hydrogen (secondary N) is 3. The Labute approximate surface area is 139 Å². The maximum atomic E-state index is 13.8. The number of benzene rings is 2. The number of fused-ring (bicyclic) bond motifs is 1. The van der Waals surface area contributed by atoms with Crippen molar-refractivity contribution >= 4 is 22.4 Å². The van der Waals surface area contributed by atoms with Crippen LogP contribution in [-0.2, 0) is 5.54 Å². The monoisotopic (exact) mass is 328 g/mol. The zero-order valence-electron chi connectivity index (χ0n) is 14.0. The van der Waals surface area contributed by atoms with Crippen LogP contribution in [0.15, 0.2) is 47.3 Å². The molecule has 0 aliphatic carbocycles. The summed E-state index contributed by atoms with van der Waals surface area (Å²) in [7, 11) is 1.86. The Kier molecular flexibility index (Phi) is 4.15. The number of hydrogen-bond donors (Lipinski definition) is 3. The highest BCUT2D eigenvalue weighted by Crippen LogP contribution is 2.25. The highest BCUT2D eigenvalue weighted by Gasteiger charge is 2.24. The van der Waals surface area contributed by atoms with Crippen molar-refractivity contribution in [1.82, 2.24) is 14.9 Å². The van der Waals surface area contributed by atoms with Gasteiger partial charge < -0.3 is 15.6 Å². The summed E-state index contributed by atoms with van der Waals surface area (Å²) < 4.78 is 15.5. The highest BCUT2D eigenvalue weighted by molar-refractivity contribution is 5.81. The number of rotatable bonds is 5. The molecule has 1 heterocycles.